The van der Waals surface area contributed by atoms with Gasteiger partial charge in [-0.2, -0.15) is 0 Å². The molecule has 0 radical (unpaired) electrons. The van der Waals surface area contributed by atoms with Crippen LogP contribution in [0, 0.1) is 0 Å². The number of hydrogen-bond acceptors (Lipinski definition) is 4. The van der Waals surface area contributed by atoms with Gasteiger partial charge < -0.3 is 0 Å². The highest BCUT2D eigenvalue weighted by Gasteiger charge is 2.27. The van der Waals surface area contributed by atoms with Crippen LogP contribution in [-0.2, 0) is 11.8 Å². The summed E-state index contributed by atoms with van der Waals surface area (Å²) >= 11 is 7.79. The molecule has 0 saturated heterocycles. The molecule has 2 aromatic heterocycles. The second kappa shape index (κ2) is 5.08. The van der Waals surface area contributed by atoms with E-state index in [1.54, 1.807) is 11.3 Å². The molecule has 0 aliphatic heterocycles. The molecule has 0 bridgehead atoms. The number of hydrogen-bond donors (Lipinski definition) is 0. The molecular weight excluding hydrogens is 290 g/mol. The second-order valence-electron chi connectivity index (χ2n) is 6.37. The third-order valence-corrected chi connectivity index (χ3v) is 4.40. The molecule has 2 aromatic rings. The molecule has 0 N–H and O–H groups in total. The van der Waals surface area contributed by atoms with Crippen LogP contribution in [0.5, 0.6) is 0 Å². The highest BCUT2D eigenvalue weighted by atomic mass is 35.5. The second-order valence-corrected chi connectivity index (χ2v) is 7.70. The Morgan fingerprint density at radius 1 is 1.25 bits per heavy atom. The molecule has 1 saturated carbocycles. The molecule has 0 amide bonds. The van der Waals surface area contributed by atoms with E-state index in [0.29, 0.717) is 11.1 Å². The van der Waals surface area contributed by atoms with Gasteiger partial charge in [-0.15, -0.1) is 11.3 Å². The first kappa shape index (κ1) is 14.0. The fraction of sp³-hybridized carbons (Fsp3) is 0.533. The van der Waals surface area contributed by atoms with Gasteiger partial charge in [-0.05, 0) is 18.9 Å². The molecule has 1 aliphatic carbocycles. The average molecular weight is 308 g/mol. The molecule has 0 unspecified atom stereocenters. The third kappa shape index (κ3) is 3.18. The maximum absolute atomic E-state index is 6.10. The van der Waals surface area contributed by atoms with Crippen LogP contribution in [0.3, 0.4) is 0 Å². The van der Waals surface area contributed by atoms with Gasteiger partial charge in [-0.1, -0.05) is 32.4 Å². The van der Waals surface area contributed by atoms with Crippen molar-refractivity contribution in [1.82, 2.24) is 15.0 Å². The van der Waals surface area contributed by atoms with Crippen LogP contribution < -0.4 is 0 Å². The zero-order chi connectivity index (χ0) is 14.3. The SMILES string of the molecule is CC(C)(C)c1csc(Cc2cc(Cl)nc(C3CC3)n2)n1. The summed E-state index contributed by atoms with van der Waals surface area (Å²) in [6.45, 7) is 6.54. The summed E-state index contributed by atoms with van der Waals surface area (Å²) in [5, 5.41) is 3.77. The van der Waals surface area contributed by atoms with Crippen molar-refractivity contribution in [3.63, 3.8) is 0 Å². The Bertz CT molecular complexity index is 626. The molecule has 0 atom stereocenters. The Kier molecular flexibility index (Phi) is 3.55. The molecule has 2 heterocycles. The highest BCUT2D eigenvalue weighted by molar-refractivity contribution is 7.09. The lowest BCUT2D eigenvalue weighted by Gasteiger charge is -2.14. The summed E-state index contributed by atoms with van der Waals surface area (Å²) in [4.78, 5) is 13.7. The van der Waals surface area contributed by atoms with Crippen LogP contribution in [0.4, 0.5) is 0 Å². The Morgan fingerprint density at radius 3 is 2.60 bits per heavy atom. The van der Waals surface area contributed by atoms with E-state index in [9.17, 15) is 0 Å². The maximum Gasteiger partial charge on any atom is 0.133 e. The lowest BCUT2D eigenvalue weighted by atomic mass is 9.93. The minimum atomic E-state index is 0.0945. The van der Waals surface area contributed by atoms with Crippen LogP contribution in [0.15, 0.2) is 11.4 Å². The lowest BCUT2D eigenvalue weighted by molar-refractivity contribution is 0.571. The Labute approximate surface area is 128 Å². The Balaban J connectivity index is 1.82. The predicted molar refractivity (Wildman–Crippen MR) is 82.6 cm³/mol. The monoisotopic (exact) mass is 307 g/mol. The number of thiazole rings is 1. The van der Waals surface area contributed by atoms with E-state index in [-0.39, 0.29) is 5.41 Å². The maximum atomic E-state index is 6.10. The summed E-state index contributed by atoms with van der Waals surface area (Å²) in [6, 6.07) is 1.85. The molecule has 1 fully saturated rings. The molecule has 20 heavy (non-hydrogen) atoms. The summed E-state index contributed by atoms with van der Waals surface area (Å²) in [7, 11) is 0. The van der Waals surface area contributed by atoms with Gasteiger partial charge in [0.15, 0.2) is 0 Å². The van der Waals surface area contributed by atoms with Crippen molar-refractivity contribution >= 4 is 22.9 Å². The van der Waals surface area contributed by atoms with Crippen LogP contribution in [0.2, 0.25) is 5.15 Å². The Morgan fingerprint density at radius 2 is 2.00 bits per heavy atom. The van der Waals surface area contributed by atoms with E-state index in [1.165, 1.54) is 12.8 Å². The van der Waals surface area contributed by atoms with Gasteiger partial charge in [0.1, 0.15) is 11.0 Å². The molecule has 3 rings (SSSR count). The van der Waals surface area contributed by atoms with Crippen molar-refractivity contribution in [1.29, 1.82) is 0 Å². The predicted octanol–water partition coefficient (Wildman–Crippen LogP) is 4.35. The van der Waals surface area contributed by atoms with Gasteiger partial charge in [-0.25, -0.2) is 15.0 Å². The van der Waals surface area contributed by atoms with Crippen LogP contribution in [0.1, 0.15) is 61.8 Å². The van der Waals surface area contributed by atoms with Gasteiger partial charge in [0.25, 0.3) is 0 Å². The molecule has 3 nitrogen and oxygen atoms in total. The topological polar surface area (TPSA) is 38.7 Å². The minimum absolute atomic E-state index is 0.0945. The molecule has 0 spiro atoms. The zero-order valence-corrected chi connectivity index (χ0v) is 13.6. The van der Waals surface area contributed by atoms with E-state index in [4.69, 9.17) is 16.6 Å². The molecule has 0 aromatic carbocycles. The standard InChI is InChI=1S/C15H18ClN3S/c1-15(2,3)11-8-20-13(18-11)7-10-6-12(16)19-14(17-10)9-4-5-9/h6,8-9H,4-5,7H2,1-3H3. The van der Waals surface area contributed by atoms with Crippen molar-refractivity contribution in [3.8, 4) is 0 Å². The molecular formula is C15H18ClN3S. The molecule has 1 aliphatic rings. The van der Waals surface area contributed by atoms with Gasteiger partial charge in [0.05, 0.1) is 16.4 Å². The normalized spacial score (nSPS) is 15.6. The fourth-order valence-corrected chi connectivity index (χ4v) is 3.24. The van der Waals surface area contributed by atoms with Gasteiger partial charge in [0, 0.05) is 23.1 Å². The van der Waals surface area contributed by atoms with E-state index in [0.717, 1.165) is 28.6 Å². The summed E-state index contributed by atoms with van der Waals surface area (Å²) < 4.78 is 0. The zero-order valence-electron chi connectivity index (χ0n) is 12.0. The van der Waals surface area contributed by atoms with E-state index >= 15 is 0 Å². The van der Waals surface area contributed by atoms with E-state index < -0.39 is 0 Å². The Hall–Kier alpha value is -1.00. The summed E-state index contributed by atoms with van der Waals surface area (Å²) in [6.07, 6.45) is 3.11. The first-order valence-corrected chi connectivity index (χ1v) is 8.16. The van der Waals surface area contributed by atoms with Crippen molar-refractivity contribution in [2.24, 2.45) is 0 Å². The van der Waals surface area contributed by atoms with Crippen LogP contribution >= 0.6 is 22.9 Å². The molecule has 5 heteroatoms. The van der Waals surface area contributed by atoms with Gasteiger partial charge in [-0.3, -0.25) is 0 Å². The summed E-state index contributed by atoms with van der Waals surface area (Å²) in [5.74, 6) is 1.42. The third-order valence-electron chi connectivity index (χ3n) is 3.36. The van der Waals surface area contributed by atoms with Crippen molar-refractivity contribution in [2.75, 3.05) is 0 Å². The fourth-order valence-electron chi connectivity index (χ4n) is 1.99. The number of nitrogens with zero attached hydrogens (tertiary/aromatic N) is 3. The lowest BCUT2D eigenvalue weighted by Crippen LogP contribution is -2.11. The van der Waals surface area contributed by atoms with Crippen LogP contribution in [0.25, 0.3) is 0 Å². The summed E-state index contributed by atoms with van der Waals surface area (Å²) in [5.41, 5.74) is 2.21. The van der Waals surface area contributed by atoms with Crippen molar-refractivity contribution in [2.45, 2.75) is 51.4 Å². The quantitative estimate of drug-likeness (QED) is 0.791. The molecule has 106 valence electrons. The van der Waals surface area contributed by atoms with Gasteiger partial charge >= 0.3 is 0 Å². The first-order valence-electron chi connectivity index (χ1n) is 6.90. The van der Waals surface area contributed by atoms with Crippen molar-refractivity contribution < 1.29 is 0 Å². The number of aromatic nitrogens is 3. The highest BCUT2D eigenvalue weighted by Crippen LogP contribution is 2.38. The average Bonchev–Trinajstić information content (AvgIpc) is 3.08. The van der Waals surface area contributed by atoms with Crippen LogP contribution in [-0.4, -0.2) is 15.0 Å². The number of rotatable bonds is 3. The van der Waals surface area contributed by atoms with E-state index in [2.05, 4.69) is 36.1 Å². The van der Waals surface area contributed by atoms with Gasteiger partial charge in [0.2, 0.25) is 0 Å². The smallest absolute Gasteiger partial charge is 0.133 e. The van der Waals surface area contributed by atoms with Crippen molar-refractivity contribution in [3.05, 3.63) is 38.8 Å². The number of halogens is 1. The van der Waals surface area contributed by atoms with E-state index in [1.807, 2.05) is 6.07 Å². The largest absolute Gasteiger partial charge is 0.245 e. The minimum Gasteiger partial charge on any atom is -0.245 e. The first-order chi connectivity index (χ1) is 9.41.